The van der Waals surface area contributed by atoms with Gasteiger partial charge in [0.1, 0.15) is 11.4 Å². The number of amides is 1. The quantitative estimate of drug-likeness (QED) is 0.874. The number of anilines is 1. The molecule has 6 nitrogen and oxygen atoms in total. The molecule has 0 aliphatic carbocycles. The summed E-state index contributed by atoms with van der Waals surface area (Å²) in [6.45, 7) is 4.44. The summed E-state index contributed by atoms with van der Waals surface area (Å²) < 4.78 is 7.40. The lowest BCUT2D eigenvalue weighted by atomic mass is 10.2. The van der Waals surface area contributed by atoms with Crippen LogP contribution < -0.4 is 16.2 Å². The lowest BCUT2D eigenvalue weighted by Crippen LogP contribution is -2.10. The van der Waals surface area contributed by atoms with E-state index in [1.807, 2.05) is 13.8 Å². The molecular weight excluding hydrogens is 244 g/mol. The molecule has 2 rings (SSSR count). The Morgan fingerprint density at radius 3 is 2.53 bits per heavy atom. The molecule has 0 aliphatic heterocycles. The number of aromatic nitrogens is 2. The molecule has 19 heavy (non-hydrogen) atoms. The van der Waals surface area contributed by atoms with Gasteiger partial charge in [0.2, 0.25) is 11.8 Å². The highest BCUT2D eigenvalue weighted by atomic mass is 16.5. The predicted octanol–water partition coefficient (Wildman–Crippen LogP) is 1.68. The van der Waals surface area contributed by atoms with Crippen LogP contribution in [-0.2, 0) is 6.54 Å². The fourth-order valence-corrected chi connectivity index (χ4v) is 1.69. The lowest BCUT2D eigenvalue weighted by Gasteiger charge is -2.08. The van der Waals surface area contributed by atoms with E-state index in [-0.39, 0.29) is 0 Å². The maximum Gasteiger partial charge on any atom is 0.248 e. The van der Waals surface area contributed by atoms with Gasteiger partial charge in [0, 0.05) is 12.1 Å². The molecule has 2 aromatic rings. The Bertz CT molecular complexity index is 602. The van der Waals surface area contributed by atoms with Crippen LogP contribution in [0.15, 0.2) is 24.3 Å². The van der Waals surface area contributed by atoms with Crippen LogP contribution in [0.1, 0.15) is 23.0 Å². The Balaban J connectivity index is 2.28. The van der Waals surface area contributed by atoms with Crippen molar-refractivity contribution in [2.75, 3.05) is 5.73 Å². The molecule has 0 aliphatic rings. The third kappa shape index (κ3) is 2.52. The second-order valence-corrected chi connectivity index (χ2v) is 4.11. The van der Waals surface area contributed by atoms with Crippen LogP contribution in [0.4, 0.5) is 5.69 Å². The van der Waals surface area contributed by atoms with Crippen molar-refractivity contribution in [1.29, 1.82) is 0 Å². The summed E-state index contributed by atoms with van der Waals surface area (Å²) in [6.07, 6.45) is 0. The number of carbonyl (C=O) groups is 1. The van der Waals surface area contributed by atoms with E-state index in [9.17, 15) is 4.79 Å². The van der Waals surface area contributed by atoms with E-state index in [0.29, 0.717) is 29.4 Å². The van der Waals surface area contributed by atoms with Crippen molar-refractivity contribution < 1.29 is 9.53 Å². The fraction of sp³-hybridized carbons (Fsp3) is 0.231. The summed E-state index contributed by atoms with van der Waals surface area (Å²) in [5.74, 6) is 0.610. The molecule has 0 saturated heterocycles. The summed E-state index contributed by atoms with van der Waals surface area (Å²) in [5.41, 5.74) is 12.8. The maximum atomic E-state index is 11.0. The number of aryl methyl sites for hydroxylation is 2. The average Bonchev–Trinajstić information content (AvgIpc) is 2.67. The molecule has 0 bridgehead atoms. The zero-order valence-electron chi connectivity index (χ0n) is 10.9. The van der Waals surface area contributed by atoms with E-state index in [2.05, 4.69) is 5.10 Å². The highest BCUT2D eigenvalue weighted by molar-refractivity contribution is 5.92. The van der Waals surface area contributed by atoms with E-state index in [1.165, 1.54) is 0 Å². The Kier molecular flexibility index (Phi) is 3.41. The van der Waals surface area contributed by atoms with Gasteiger partial charge in [-0.1, -0.05) is 0 Å². The molecule has 0 fully saturated rings. The molecule has 1 aromatic carbocycles. The minimum atomic E-state index is -0.472. The van der Waals surface area contributed by atoms with Gasteiger partial charge >= 0.3 is 0 Å². The van der Waals surface area contributed by atoms with Gasteiger partial charge in [-0.2, -0.15) is 5.10 Å². The van der Waals surface area contributed by atoms with Crippen LogP contribution in [-0.4, -0.2) is 15.7 Å². The third-order valence-corrected chi connectivity index (χ3v) is 2.78. The first-order valence-electron chi connectivity index (χ1n) is 5.93. The number of nitrogens with zero attached hydrogens (tertiary/aromatic N) is 2. The van der Waals surface area contributed by atoms with Crippen molar-refractivity contribution in [2.24, 2.45) is 5.73 Å². The van der Waals surface area contributed by atoms with Gasteiger partial charge in [-0.25, -0.2) is 4.68 Å². The molecule has 1 aromatic heterocycles. The molecule has 4 N–H and O–H groups in total. The number of hydrogen-bond acceptors (Lipinski definition) is 4. The second-order valence-electron chi connectivity index (χ2n) is 4.11. The van der Waals surface area contributed by atoms with Crippen molar-refractivity contribution >= 4 is 11.6 Å². The summed E-state index contributed by atoms with van der Waals surface area (Å²) in [5, 5.41) is 4.26. The van der Waals surface area contributed by atoms with Gasteiger partial charge in [0.05, 0.1) is 5.69 Å². The first kappa shape index (κ1) is 12.9. The van der Waals surface area contributed by atoms with Gasteiger partial charge in [-0.05, 0) is 38.1 Å². The second kappa shape index (κ2) is 5.01. The standard InChI is InChI=1S/C13H16N4O2/c1-3-17-13(11(14)8(2)16-17)19-10-6-4-9(5-7-10)12(15)18/h4-7H,3,14H2,1-2H3,(H2,15,18). The first-order valence-corrected chi connectivity index (χ1v) is 5.93. The Morgan fingerprint density at radius 1 is 1.37 bits per heavy atom. The minimum Gasteiger partial charge on any atom is -0.437 e. The van der Waals surface area contributed by atoms with E-state index < -0.39 is 5.91 Å². The highest BCUT2D eigenvalue weighted by Crippen LogP contribution is 2.29. The molecular formula is C13H16N4O2. The van der Waals surface area contributed by atoms with E-state index in [4.69, 9.17) is 16.2 Å². The number of ether oxygens (including phenoxy) is 1. The largest absolute Gasteiger partial charge is 0.437 e. The maximum absolute atomic E-state index is 11.0. The first-order chi connectivity index (χ1) is 9.02. The number of benzene rings is 1. The summed E-state index contributed by atoms with van der Waals surface area (Å²) in [7, 11) is 0. The minimum absolute atomic E-state index is 0.431. The smallest absolute Gasteiger partial charge is 0.248 e. The van der Waals surface area contributed by atoms with Crippen molar-refractivity contribution in [3.8, 4) is 11.6 Å². The van der Waals surface area contributed by atoms with Gasteiger partial charge in [0.15, 0.2) is 0 Å². The van der Waals surface area contributed by atoms with Gasteiger partial charge in [-0.15, -0.1) is 0 Å². The Morgan fingerprint density at radius 2 is 2.00 bits per heavy atom. The van der Waals surface area contributed by atoms with E-state index in [1.54, 1.807) is 28.9 Å². The van der Waals surface area contributed by atoms with Gasteiger partial charge in [0.25, 0.3) is 0 Å². The summed E-state index contributed by atoms with van der Waals surface area (Å²) in [6, 6.07) is 6.55. The van der Waals surface area contributed by atoms with Crippen molar-refractivity contribution in [3.63, 3.8) is 0 Å². The molecule has 0 spiro atoms. The number of primary amides is 1. The van der Waals surface area contributed by atoms with Gasteiger partial charge < -0.3 is 16.2 Å². The molecule has 0 unspecified atom stereocenters. The van der Waals surface area contributed by atoms with Crippen LogP contribution in [0.2, 0.25) is 0 Å². The molecule has 0 radical (unpaired) electrons. The lowest BCUT2D eigenvalue weighted by molar-refractivity contribution is 0.100. The van der Waals surface area contributed by atoms with Crippen LogP contribution >= 0.6 is 0 Å². The number of nitrogen functional groups attached to an aromatic ring is 1. The number of hydrogen-bond donors (Lipinski definition) is 2. The van der Waals surface area contributed by atoms with Crippen LogP contribution in [0, 0.1) is 6.92 Å². The third-order valence-electron chi connectivity index (χ3n) is 2.78. The predicted molar refractivity (Wildman–Crippen MR) is 72.1 cm³/mol. The van der Waals surface area contributed by atoms with E-state index in [0.717, 1.165) is 5.69 Å². The van der Waals surface area contributed by atoms with Crippen LogP contribution in [0.3, 0.4) is 0 Å². The molecule has 6 heteroatoms. The summed E-state index contributed by atoms with van der Waals surface area (Å²) in [4.78, 5) is 11.0. The zero-order valence-corrected chi connectivity index (χ0v) is 10.9. The number of carbonyl (C=O) groups excluding carboxylic acids is 1. The molecule has 1 amide bonds. The Hall–Kier alpha value is -2.50. The topological polar surface area (TPSA) is 96.2 Å². The molecule has 0 saturated carbocycles. The highest BCUT2D eigenvalue weighted by Gasteiger charge is 2.13. The molecule has 1 heterocycles. The average molecular weight is 260 g/mol. The van der Waals surface area contributed by atoms with Crippen molar-refractivity contribution in [2.45, 2.75) is 20.4 Å². The van der Waals surface area contributed by atoms with E-state index >= 15 is 0 Å². The number of rotatable bonds is 4. The van der Waals surface area contributed by atoms with Crippen LogP contribution in [0.25, 0.3) is 0 Å². The van der Waals surface area contributed by atoms with Gasteiger partial charge in [-0.3, -0.25) is 4.79 Å². The number of nitrogens with two attached hydrogens (primary N) is 2. The molecule has 100 valence electrons. The summed E-state index contributed by atoms with van der Waals surface area (Å²) >= 11 is 0. The van der Waals surface area contributed by atoms with Crippen LogP contribution in [0.5, 0.6) is 11.6 Å². The normalized spacial score (nSPS) is 10.4. The zero-order chi connectivity index (χ0) is 14.0. The SMILES string of the molecule is CCn1nc(C)c(N)c1Oc1ccc(C(N)=O)cc1. The fourth-order valence-electron chi connectivity index (χ4n) is 1.69. The van der Waals surface area contributed by atoms with Crippen molar-refractivity contribution in [3.05, 3.63) is 35.5 Å². The monoisotopic (exact) mass is 260 g/mol. The Labute approximate surface area is 111 Å². The molecule has 0 atom stereocenters. The van der Waals surface area contributed by atoms with Crippen molar-refractivity contribution in [1.82, 2.24) is 9.78 Å².